The van der Waals surface area contributed by atoms with Crippen LogP contribution in [0, 0.1) is 5.92 Å². The van der Waals surface area contributed by atoms with Gasteiger partial charge in [0.2, 0.25) is 0 Å². The molecule has 11 heavy (non-hydrogen) atoms. The van der Waals surface area contributed by atoms with Gasteiger partial charge in [-0.05, 0) is 18.9 Å². The van der Waals surface area contributed by atoms with Gasteiger partial charge in [-0.2, -0.15) is 0 Å². The summed E-state index contributed by atoms with van der Waals surface area (Å²) in [4.78, 5) is 0. The normalized spacial score (nSPS) is 13.4. The van der Waals surface area contributed by atoms with Crippen molar-refractivity contribution in [3.8, 4) is 0 Å². The molecule has 0 saturated heterocycles. The third-order valence-electron chi connectivity index (χ3n) is 1.76. The Bertz CT molecular complexity index is 76.0. The molecule has 0 spiro atoms. The van der Waals surface area contributed by atoms with Crippen molar-refractivity contribution in [1.82, 2.24) is 5.32 Å². The Kier molecular flexibility index (Phi) is 7.96. The zero-order valence-electron chi connectivity index (χ0n) is 8.02. The van der Waals surface area contributed by atoms with E-state index in [2.05, 4.69) is 19.2 Å². The van der Waals surface area contributed by atoms with Crippen LogP contribution in [0.25, 0.3) is 0 Å². The van der Waals surface area contributed by atoms with Gasteiger partial charge in [-0.1, -0.05) is 20.3 Å². The van der Waals surface area contributed by atoms with Crippen LogP contribution in [0.4, 0.5) is 0 Å². The minimum atomic E-state index is 0.803. The highest BCUT2D eigenvalue weighted by Crippen LogP contribution is 2.01. The lowest BCUT2D eigenvalue weighted by molar-refractivity contribution is 0.198. The fraction of sp³-hybridized carbons (Fsp3) is 1.00. The topological polar surface area (TPSA) is 21.3 Å². The third-order valence-corrected chi connectivity index (χ3v) is 1.76. The van der Waals surface area contributed by atoms with Gasteiger partial charge in [0.25, 0.3) is 0 Å². The highest BCUT2D eigenvalue weighted by molar-refractivity contribution is 4.55. The van der Waals surface area contributed by atoms with Crippen LogP contribution in [0.3, 0.4) is 0 Å². The molecule has 0 rings (SSSR count). The van der Waals surface area contributed by atoms with Crippen molar-refractivity contribution in [2.45, 2.75) is 26.7 Å². The summed E-state index contributed by atoms with van der Waals surface area (Å²) in [7, 11) is 1.73. The van der Waals surface area contributed by atoms with E-state index >= 15 is 0 Å². The van der Waals surface area contributed by atoms with Gasteiger partial charge in [0.1, 0.15) is 0 Å². The molecule has 0 aromatic carbocycles. The number of rotatable bonds is 7. The first-order valence-corrected chi connectivity index (χ1v) is 4.50. The van der Waals surface area contributed by atoms with Crippen LogP contribution in [0.15, 0.2) is 0 Å². The molecule has 0 saturated carbocycles. The molecule has 0 radical (unpaired) electrons. The molecule has 0 heterocycles. The Balaban J connectivity index is 2.97. The van der Waals surface area contributed by atoms with Crippen LogP contribution in [0.5, 0.6) is 0 Å². The van der Waals surface area contributed by atoms with Gasteiger partial charge in [-0.3, -0.25) is 0 Å². The van der Waals surface area contributed by atoms with Crippen LogP contribution in [-0.4, -0.2) is 26.8 Å². The van der Waals surface area contributed by atoms with E-state index in [1.807, 2.05) is 0 Å². The maximum Gasteiger partial charge on any atom is 0.0587 e. The first-order valence-electron chi connectivity index (χ1n) is 4.50. The number of nitrogens with one attached hydrogen (secondary N) is 1. The van der Waals surface area contributed by atoms with E-state index in [0.717, 1.165) is 25.6 Å². The average molecular weight is 159 g/mol. The van der Waals surface area contributed by atoms with Crippen molar-refractivity contribution < 1.29 is 4.74 Å². The zero-order valence-corrected chi connectivity index (χ0v) is 8.02. The molecular weight excluding hydrogens is 138 g/mol. The summed E-state index contributed by atoms with van der Waals surface area (Å²) >= 11 is 0. The molecule has 0 aromatic rings. The van der Waals surface area contributed by atoms with Gasteiger partial charge in [0, 0.05) is 13.7 Å². The second kappa shape index (κ2) is 8.02. The predicted octanol–water partition coefficient (Wildman–Crippen LogP) is 1.66. The standard InChI is InChI=1S/C9H21NO/c1-4-5-9(2)8-10-6-7-11-3/h9-10H,4-8H2,1-3H3. The second-order valence-electron chi connectivity index (χ2n) is 3.09. The largest absolute Gasteiger partial charge is 0.383 e. The fourth-order valence-electron chi connectivity index (χ4n) is 1.12. The first-order chi connectivity index (χ1) is 5.31. The molecule has 0 aliphatic heterocycles. The van der Waals surface area contributed by atoms with Gasteiger partial charge >= 0.3 is 0 Å². The average Bonchev–Trinajstić information content (AvgIpc) is 1.99. The van der Waals surface area contributed by atoms with Crippen molar-refractivity contribution in [1.29, 1.82) is 0 Å². The smallest absolute Gasteiger partial charge is 0.0587 e. The van der Waals surface area contributed by atoms with Gasteiger partial charge in [-0.15, -0.1) is 0 Å². The Hall–Kier alpha value is -0.0800. The molecule has 0 fully saturated rings. The minimum Gasteiger partial charge on any atom is -0.383 e. The number of hydrogen-bond acceptors (Lipinski definition) is 2. The molecule has 0 aromatic heterocycles. The second-order valence-corrected chi connectivity index (χ2v) is 3.09. The van der Waals surface area contributed by atoms with Crippen molar-refractivity contribution in [2.75, 3.05) is 26.8 Å². The monoisotopic (exact) mass is 159 g/mol. The van der Waals surface area contributed by atoms with E-state index in [4.69, 9.17) is 4.74 Å². The quantitative estimate of drug-likeness (QED) is 0.570. The van der Waals surface area contributed by atoms with Gasteiger partial charge in [0.05, 0.1) is 6.61 Å². The van der Waals surface area contributed by atoms with E-state index in [9.17, 15) is 0 Å². The Labute approximate surface area is 70.3 Å². The Morgan fingerprint density at radius 2 is 2.18 bits per heavy atom. The molecule has 0 aliphatic rings. The molecule has 68 valence electrons. The molecule has 2 nitrogen and oxygen atoms in total. The maximum absolute atomic E-state index is 4.92. The van der Waals surface area contributed by atoms with Crippen molar-refractivity contribution in [3.05, 3.63) is 0 Å². The third kappa shape index (κ3) is 7.82. The van der Waals surface area contributed by atoms with Crippen molar-refractivity contribution in [3.63, 3.8) is 0 Å². The van der Waals surface area contributed by atoms with Crippen LogP contribution >= 0.6 is 0 Å². The minimum absolute atomic E-state index is 0.803. The van der Waals surface area contributed by atoms with E-state index in [1.165, 1.54) is 12.8 Å². The zero-order chi connectivity index (χ0) is 8.53. The lowest BCUT2D eigenvalue weighted by Gasteiger charge is -2.10. The highest BCUT2D eigenvalue weighted by atomic mass is 16.5. The summed E-state index contributed by atoms with van der Waals surface area (Å²) in [5, 5.41) is 3.35. The van der Waals surface area contributed by atoms with Crippen LogP contribution in [-0.2, 0) is 4.74 Å². The molecule has 0 aliphatic carbocycles. The Morgan fingerprint density at radius 3 is 2.73 bits per heavy atom. The number of ether oxygens (including phenoxy) is 1. The summed E-state index contributed by atoms with van der Waals surface area (Å²) in [5.41, 5.74) is 0. The SMILES string of the molecule is CCCC(C)CNCCOC. The summed E-state index contributed by atoms with van der Waals surface area (Å²) < 4.78 is 4.92. The van der Waals surface area contributed by atoms with Gasteiger partial charge in [-0.25, -0.2) is 0 Å². The summed E-state index contributed by atoms with van der Waals surface area (Å²) in [5.74, 6) is 0.803. The van der Waals surface area contributed by atoms with E-state index in [-0.39, 0.29) is 0 Å². The van der Waals surface area contributed by atoms with Crippen LogP contribution in [0.1, 0.15) is 26.7 Å². The lowest BCUT2D eigenvalue weighted by Crippen LogP contribution is -2.24. The predicted molar refractivity (Wildman–Crippen MR) is 48.8 cm³/mol. The highest BCUT2D eigenvalue weighted by Gasteiger charge is 1.97. The summed E-state index contributed by atoms with van der Waals surface area (Å²) in [6.07, 6.45) is 2.60. The van der Waals surface area contributed by atoms with Crippen molar-refractivity contribution in [2.24, 2.45) is 5.92 Å². The number of hydrogen-bond donors (Lipinski definition) is 1. The molecule has 0 bridgehead atoms. The molecular formula is C9H21NO. The molecule has 1 atom stereocenters. The van der Waals surface area contributed by atoms with Crippen LogP contribution < -0.4 is 5.32 Å². The van der Waals surface area contributed by atoms with E-state index < -0.39 is 0 Å². The van der Waals surface area contributed by atoms with Gasteiger partial charge < -0.3 is 10.1 Å². The van der Waals surface area contributed by atoms with E-state index in [0.29, 0.717) is 0 Å². The lowest BCUT2D eigenvalue weighted by atomic mass is 10.1. The summed E-state index contributed by atoms with van der Waals surface area (Å²) in [6.45, 7) is 7.43. The summed E-state index contributed by atoms with van der Waals surface area (Å²) in [6, 6.07) is 0. The van der Waals surface area contributed by atoms with Crippen LogP contribution in [0.2, 0.25) is 0 Å². The fourth-order valence-corrected chi connectivity index (χ4v) is 1.12. The number of methoxy groups -OCH3 is 1. The van der Waals surface area contributed by atoms with Gasteiger partial charge in [0.15, 0.2) is 0 Å². The van der Waals surface area contributed by atoms with Crippen molar-refractivity contribution >= 4 is 0 Å². The maximum atomic E-state index is 4.92. The Morgan fingerprint density at radius 1 is 1.45 bits per heavy atom. The molecule has 2 heteroatoms. The first kappa shape index (κ1) is 10.9. The molecule has 1 N–H and O–H groups in total. The molecule has 1 unspecified atom stereocenters. The molecule has 0 amide bonds. The van der Waals surface area contributed by atoms with E-state index in [1.54, 1.807) is 7.11 Å².